The van der Waals surface area contributed by atoms with Gasteiger partial charge in [0.05, 0.1) is 48.6 Å². The van der Waals surface area contributed by atoms with Gasteiger partial charge in [-0.1, -0.05) is 48.0 Å². The number of aliphatic hydroxyl groups is 1. The number of carbonyl (C=O) groups excluding carboxylic acids is 3. The highest BCUT2D eigenvalue weighted by molar-refractivity contribution is 6.33. The lowest BCUT2D eigenvalue weighted by Crippen LogP contribution is -2.42. The van der Waals surface area contributed by atoms with Gasteiger partial charge in [-0.2, -0.15) is 0 Å². The number of hydrogen-bond acceptors (Lipinski definition) is 9. The number of fused-ring (bicyclic) bond motifs is 2. The van der Waals surface area contributed by atoms with Crippen LogP contribution in [0.25, 0.3) is 11.3 Å². The highest BCUT2D eigenvalue weighted by atomic mass is 35.5. The number of nitrogens with zero attached hydrogens (tertiary/aromatic N) is 3. The van der Waals surface area contributed by atoms with E-state index in [2.05, 4.69) is 20.6 Å². The molecule has 12 heteroatoms. The molecule has 3 heterocycles. The summed E-state index contributed by atoms with van der Waals surface area (Å²) in [5, 5.41) is 17.1. The van der Waals surface area contributed by atoms with E-state index in [9.17, 15) is 19.5 Å². The molecule has 0 bridgehead atoms. The lowest BCUT2D eigenvalue weighted by Gasteiger charge is -2.26. The molecule has 2 aromatic carbocycles. The fraction of sp³-hybridized carbons (Fsp3) is 0.387. The summed E-state index contributed by atoms with van der Waals surface area (Å²) in [4.78, 5) is 49.7. The van der Waals surface area contributed by atoms with Crippen molar-refractivity contribution in [3.8, 4) is 11.3 Å². The van der Waals surface area contributed by atoms with Crippen LogP contribution in [0.4, 0.5) is 5.95 Å². The average molecular weight is 606 g/mol. The summed E-state index contributed by atoms with van der Waals surface area (Å²) in [5.41, 5.74) is 3.82. The van der Waals surface area contributed by atoms with Crippen molar-refractivity contribution >= 4 is 35.3 Å². The van der Waals surface area contributed by atoms with Gasteiger partial charge in [-0.15, -0.1) is 0 Å². The van der Waals surface area contributed by atoms with Gasteiger partial charge in [0, 0.05) is 36.8 Å². The second kappa shape index (κ2) is 12.3. The van der Waals surface area contributed by atoms with Crippen molar-refractivity contribution < 1.29 is 29.0 Å². The number of methoxy groups -OCH3 is 1. The van der Waals surface area contributed by atoms with Crippen molar-refractivity contribution in [3.05, 3.63) is 75.9 Å². The molecular weight excluding hydrogens is 574 g/mol. The third kappa shape index (κ3) is 5.93. The molecule has 2 amide bonds. The molecule has 1 aromatic heterocycles. The largest absolute Gasteiger partial charge is 0.469 e. The molecule has 3 aromatic rings. The highest BCUT2D eigenvalue weighted by Gasteiger charge is 2.40. The molecule has 0 radical (unpaired) electrons. The SMILES string of the molecule is COC(=O)CC1c2ccc(-c3nc(NC4CCOCC4)ncc3Cl)cc2C(=O)N1CC(=O)NC1c2ccccc2CC1O. The predicted octanol–water partition coefficient (Wildman–Crippen LogP) is 3.22. The molecule has 3 unspecified atom stereocenters. The fourth-order valence-electron chi connectivity index (χ4n) is 6.07. The Morgan fingerprint density at radius 1 is 1.16 bits per heavy atom. The van der Waals surface area contributed by atoms with Crippen LogP contribution in [0.3, 0.4) is 0 Å². The van der Waals surface area contributed by atoms with Crippen LogP contribution in [0.1, 0.15) is 58.4 Å². The topological polar surface area (TPSA) is 143 Å². The Morgan fingerprint density at radius 3 is 2.74 bits per heavy atom. The maximum Gasteiger partial charge on any atom is 0.307 e. The zero-order chi connectivity index (χ0) is 30.1. The van der Waals surface area contributed by atoms with Gasteiger partial charge >= 0.3 is 5.97 Å². The zero-order valence-electron chi connectivity index (χ0n) is 23.6. The lowest BCUT2D eigenvalue weighted by atomic mass is 9.98. The molecule has 3 aliphatic rings. The minimum atomic E-state index is -0.773. The Bertz CT molecular complexity index is 1560. The van der Waals surface area contributed by atoms with Crippen LogP contribution in [-0.2, 0) is 25.5 Å². The summed E-state index contributed by atoms with van der Waals surface area (Å²) in [7, 11) is 1.28. The van der Waals surface area contributed by atoms with E-state index >= 15 is 0 Å². The lowest BCUT2D eigenvalue weighted by molar-refractivity contribution is -0.142. The van der Waals surface area contributed by atoms with Crippen LogP contribution >= 0.6 is 11.6 Å². The van der Waals surface area contributed by atoms with E-state index in [0.29, 0.717) is 53.0 Å². The number of aliphatic hydroxyl groups excluding tert-OH is 1. The number of anilines is 1. The first-order valence-electron chi connectivity index (χ1n) is 14.3. The van der Waals surface area contributed by atoms with E-state index in [4.69, 9.17) is 21.1 Å². The summed E-state index contributed by atoms with van der Waals surface area (Å²) in [5.74, 6) is -0.933. The van der Waals surface area contributed by atoms with Crippen molar-refractivity contribution in [2.75, 3.05) is 32.2 Å². The second-order valence-corrected chi connectivity index (χ2v) is 11.4. The molecule has 1 saturated heterocycles. The molecule has 1 fully saturated rings. The summed E-state index contributed by atoms with van der Waals surface area (Å²) in [6, 6.07) is 11.7. The Hall–Kier alpha value is -4.06. The second-order valence-electron chi connectivity index (χ2n) is 11.0. The molecule has 1 aliphatic carbocycles. The number of nitrogens with one attached hydrogen (secondary N) is 2. The standard InChI is InChI=1S/C31H32ClN5O6/c1-42-27(40)14-24-21-7-6-18(28-23(32)15-33-31(36-28)34-19-8-10-43-11-9-19)12-22(21)30(41)37(24)16-26(39)35-29-20-5-3-2-4-17(20)13-25(29)38/h2-7,12,15,19,24-25,29,38H,8-11,13-14,16H2,1H3,(H,35,39)(H,33,34,36). The van der Waals surface area contributed by atoms with Crippen LogP contribution in [0.2, 0.25) is 5.02 Å². The normalized spacial score (nSPS) is 21.3. The minimum Gasteiger partial charge on any atom is -0.469 e. The fourth-order valence-corrected chi connectivity index (χ4v) is 6.27. The number of benzene rings is 2. The number of ether oxygens (including phenoxy) is 2. The Balaban J connectivity index is 1.25. The number of halogens is 1. The maximum atomic E-state index is 13.8. The number of rotatable bonds is 8. The molecule has 3 N–H and O–H groups in total. The molecule has 224 valence electrons. The molecule has 0 spiro atoms. The summed E-state index contributed by atoms with van der Waals surface area (Å²) >= 11 is 6.50. The predicted molar refractivity (Wildman–Crippen MR) is 157 cm³/mol. The van der Waals surface area contributed by atoms with Crippen LogP contribution in [-0.4, -0.2) is 76.8 Å². The van der Waals surface area contributed by atoms with Crippen molar-refractivity contribution in [1.82, 2.24) is 20.2 Å². The molecule has 0 saturated carbocycles. The third-order valence-corrected chi connectivity index (χ3v) is 8.55. The smallest absolute Gasteiger partial charge is 0.307 e. The number of hydrogen-bond donors (Lipinski definition) is 3. The van der Waals surface area contributed by atoms with Gasteiger partial charge in [0.15, 0.2) is 0 Å². The first-order chi connectivity index (χ1) is 20.8. The van der Waals surface area contributed by atoms with Crippen molar-refractivity contribution in [1.29, 1.82) is 0 Å². The quantitative estimate of drug-likeness (QED) is 0.330. The molecule has 2 aliphatic heterocycles. The van der Waals surface area contributed by atoms with E-state index in [-0.39, 0.29) is 19.0 Å². The van der Waals surface area contributed by atoms with E-state index in [0.717, 1.165) is 24.0 Å². The first kappa shape index (κ1) is 29.0. The molecular formula is C31H32ClN5O6. The van der Waals surface area contributed by atoms with E-state index in [1.165, 1.54) is 18.2 Å². The van der Waals surface area contributed by atoms with Gasteiger partial charge < -0.3 is 30.1 Å². The minimum absolute atomic E-state index is 0.121. The number of amides is 2. The van der Waals surface area contributed by atoms with E-state index in [1.54, 1.807) is 18.2 Å². The first-order valence-corrected chi connectivity index (χ1v) is 14.6. The van der Waals surface area contributed by atoms with Crippen LogP contribution in [0, 0.1) is 0 Å². The molecule has 43 heavy (non-hydrogen) atoms. The average Bonchev–Trinajstić information content (AvgIpc) is 3.46. The summed E-state index contributed by atoms with van der Waals surface area (Å²) < 4.78 is 10.3. The van der Waals surface area contributed by atoms with Gasteiger partial charge in [0.2, 0.25) is 11.9 Å². The van der Waals surface area contributed by atoms with Crippen molar-refractivity contribution in [2.45, 2.75) is 49.9 Å². The Morgan fingerprint density at radius 2 is 1.95 bits per heavy atom. The van der Waals surface area contributed by atoms with Crippen molar-refractivity contribution in [2.24, 2.45) is 0 Å². The van der Waals surface area contributed by atoms with Gasteiger partial charge in [-0.05, 0) is 35.6 Å². The number of carbonyl (C=O) groups is 3. The monoisotopic (exact) mass is 605 g/mol. The molecule has 6 rings (SSSR count). The number of aromatic nitrogens is 2. The van der Waals surface area contributed by atoms with Crippen molar-refractivity contribution in [3.63, 3.8) is 0 Å². The van der Waals surface area contributed by atoms with E-state index in [1.807, 2.05) is 24.3 Å². The van der Waals surface area contributed by atoms with Crippen LogP contribution in [0.15, 0.2) is 48.7 Å². The third-order valence-electron chi connectivity index (χ3n) is 8.27. The zero-order valence-corrected chi connectivity index (χ0v) is 24.3. The Kier molecular flexibility index (Phi) is 8.29. The van der Waals surface area contributed by atoms with E-state index < -0.39 is 36.0 Å². The molecule has 11 nitrogen and oxygen atoms in total. The van der Waals surface area contributed by atoms with Gasteiger partial charge in [-0.25, -0.2) is 9.97 Å². The van der Waals surface area contributed by atoms with Crippen LogP contribution in [0.5, 0.6) is 0 Å². The summed E-state index contributed by atoms with van der Waals surface area (Å²) in [6.07, 6.45) is 2.74. The maximum absolute atomic E-state index is 13.8. The van der Waals surface area contributed by atoms with Crippen LogP contribution < -0.4 is 10.6 Å². The van der Waals surface area contributed by atoms with Gasteiger partial charge in [0.1, 0.15) is 6.54 Å². The highest BCUT2D eigenvalue weighted by Crippen LogP contribution is 2.39. The van der Waals surface area contributed by atoms with Gasteiger partial charge in [0.25, 0.3) is 5.91 Å². The molecule has 3 atom stereocenters. The Labute approximate surface area is 253 Å². The number of esters is 1. The summed E-state index contributed by atoms with van der Waals surface area (Å²) in [6.45, 7) is 1.03. The van der Waals surface area contributed by atoms with Gasteiger partial charge in [-0.3, -0.25) is 14.4 Å².